The van der Waals surface area contributed by atoms with Crippen LogP contribution in [0.25, 0.3) is 0 Å². The van der Waals surface area contributed by atoms with Gasteiger partial charge in [-0.25, -0.2) is 0 Å². The fourth-order valence-electron chi connectivity index (χ4n) is 3.28. The normalized spacial score (nSPS) is 20.5. The van der Waals surface area contributed by atoms with Crippen molar-refractivity contribution in [3.05, 3.63) is 35.9 Å². The molecule has 1 spiro atoms. The zero-order chi connectivity index (χ0) is 16.3. The fourth-order valence-corrected chi connectivity index (χ4v) is 3.28. The Morgan fingerprint density at radius 1 is 1.30 bits per heavy atom. The zero-order valence-electron chi connectivity index (χ0n) is 13.5. The summed E-state index contributed by atoms with van der Waals surface area (Å²) in [5.74, 6) is 0.175. The molecule has 2 saturated heterocycles. The van der Waals surface area contributed by atoms with E-state index in [1.54, 1.807) is 4.90 Å². The Bertz CT molecular complexity index is 571. The molecule has 2 N–H and O–H groups in total. The molecule has 124 valence electrons. The highest BCUT2D eigenvalue weighted by molar-refractivity contribution is 5.80. The zero-order valence-corrected chi connectivity index (χ0v) is 13.5. The summed E-state index contributed by atoms with van der Waals surface area (Å²) in [5, 5.41) is 6.15. The van der Waals surface area contributed by atoms with Crippen LogP contribution in [0.15, 0.2) is 30.3 Å². The van der Waals surface area contributed by atoms with E-state index in [0.717, 1.165) is 25.2 Å². The van der Waals surface area contributed by atoms with E-state index in [1.165, 1.54) is 0 Å². The Balaban J connectivity index is 1.62. The third-order valence-electron chi connectivity index (χ3n) is 4.79. The minimum Gasteiger partial charge on any atom is -0.355 e. The minimum atomic E-state index is -0.191. The van der Waals surface area contributed by atoms with Crippen molar-refractivity contribution in [3.8, 4) is 0 Å². The molecule has 2 heterocycles. The average molecular weight is 316 g/mol. The molecule has 2 aliphatic rings. The van der Waals surface area contributed by atoms with E-state index in [4.69, 9.17) is 0 Å². The van der Waals surface area contributed by atoms with Gasteiger partial charge in [0, 0.05) is 46.2 Å². The molecule has 2 aliphatic heterocycles. The van der Waals surface area contributed by atoms with E-state index < -0.39 is 0 Å². The van der Waals surface area contributed by atoms with Gasteiger partial charge < -0.3 is 15.5 Å². The smallest absolute Gasteiger partial charge is 0.236 e. The van der Waals surface area contributed by atoms with Crippen molar-refractivity contribution in [1.29, 1.82) is 0 Å². The number of likely N-dealkylation sites (N-methyl/N-ethyl adjacent to an activating group) is 1. The van der Waals surface area contributed by atoms with E-state index >= 15 is 0 Å². The van der Waals surface area contributed by atoms with Crippen LogP contribution in [0.3, 0.4) is 0 Å². The molecule has 6 heteroatoms. The number of carbonyl (C=O) groups excluding carboxylic acids is 2. The number of hydrogen-bond donors (Lipinski definition) is 2. The van der Waals surface area contributed by atoms with Crippen LogP contribution in [-0.4, -0.2) is 66.9 Å². The quantitative estimate of drug-likeness (QED) is 0.808. The lowest BCUT2D eigenvalue weighted by atomic mass is 9.86. The number of hydrogen-bond acceptors (Lipinski definition) is 4. The minimum absolute atomic E-state index is 0.0825. The summed E-state index contributed by atoms with van der Waals surface area (Å²) in [6, 6.07) is 9.98. The van der Waals surface area contributed by atoms with Crippen molar-refractivity contribution < 1.29 is 9.59 Å². The Morgan fingerprint density at radius 3 is 2.70 bits per heavy atom. The maximum absolute atomic E-state index is 12.6. The number of nitrogens with zero attached hydrogens (tertiary/aromatic N) is 2. The SMILES string of the molecule is CN(Cc1ccccc1)C(=O)CN1CCNC(=O)CC12CNC2. The lowest BCUT2D eigenvalue weighted by Crippen LogP contribution is -2.70. The Hall–Kier alpha value is -1.92. The summed E-state index contributed by atoms with van der Waals surface area (Å²) >= 11 is 0. The highest BCUT2D eigenvalue weighted by atomic mass is 16.2. The Morgan fingerprint density at radius 2 is 2.04 bits per heavy atom. The number of benzene rings is 1. The summed E-state index contributed by atoms with van der Waals surface area (Å²) in [7, 11) is 1.84. The van der Waals surface area contributed by atoms with Crippen molar-refractivity contribution >= 4 is 11.8 Å². The second kappa shape index (κ2) is 6.68. The van der Waals surface area contributed by atoms with Crippen LogP contribution in [0.1, 0.15) is 12.0 Å². The molecule has 1 aromatic rings. The highest BCUT2D eigenvalue weighted by Crippen LogP contribution is 2.26. The van der Waals surface area contributed by atoms with Crippen LogP contribution >= 0.6 is 0 Å². The summed E-state index contributed by atoms with van der Waals surface area (Å²) in [4.78, 5) is 28.4. The molecule has 0 aromatic heterocycles. The van der Waals surface area contributed by atoms with Gasteiger partial charge >= 0.3 is 0 Å². The largest absolute Gasteiger partial charge is 0.355 e. The van der Waals surface area contributed by atoms with E-state index in [1.807, 2.05) is 37.4 Å². The first-order valence-electron chi connectivity index (χ1n) is 8.09. The predicted octanol–water partition coefficient (Wildman–Crippen LogP) is -0.191. The van der Waals surface area contributed by atoms with Crippen molar-refractivity contribution in [3.63, 3.8) is 0 Å². The standard InChI is InChI=1S/C17H24N4O2/c1-20(10-14-5-3-2-4-6-14)16(23)11-21-8-7-19-15(22)9-17(21)12-18-13-17/h2-6,18H,7-13H2,1H3,(H,19,22). The number of amides is 2. The maximum Gasteiger partial charge on any atom is 0.236 e. The van der Waals surface area contributed by atoms with Gasteiger partial charge in [0.15, 0.2) is 0 Å². The van der Waals surface area contributed by atoms with Crippen LogP contribution < -0.4 is 10.6 Å². The van der Waals surface area contributed by atoms with Crippen molar-refractivity contribution in [1.82, 2.24) is 20.4 Å². The van der Waals surface area contributed by atoms with Gasteiger partial charge in [-0.1, -0.05) is 30.3 Å². The van der Waals surface area contributed by atoms with Crippen molar-refractivity contribution in [2.45, 2.75) is 18.5 Å². The first kappa shape index (κ1) is 16.0. The third kappa shape index (κ3) is 3.54. The van der Waals surface area contributed by atoms with E-state index in [2.05, 4.69) is 15.5 Å². The van der Waals surface area contributed by atoms with Gasteiger partial charge in [0.25, 0.3) is 0 Å². The molecule has 0 aliphatic carbocycles. The first-order valence-corrected chi connectivity index (χ1v) is 8.09. The van der Waals surface area contributed by atoms with Crippen LogP contribution in [-0.2, 0) is 16.1 Å². The third-order valence-corrected chi connectivity index (χ3v) is 4.79. The number of carbonyl (C=O) groups is 2. The predicted molar refractivity (Wildman–Crippen MR) is 87.7 cm³/mol. The van der Waals surface area contributed by atoms with E-state index in [-0.39, 0.29) is 17.4 Å². The van der Waals surface area contributed by atoms with Crippen LogP contribution in [0.4, 0.5) is 0 Å². The summed E-state index contributed by atoms with van der Waals surface area (Å²) in [6.45, 7) is 3.84. The maximum atomic E-state index is 12.6. The molecule has 23 heavy (non-hydrogen) atoms. The van der Waals surface area contributed by atoms with Crippen molar-refractivity contribution in [2.75, 3.05) is 39.8 Å². The molecule has 0 bridgehead atoms. The molecule has 6 nitrogen and oxygen atoms in total. The molecular formula is C17H24N4O2. The van der Waals surface area contributed by atoms with E-state index in [0.29, 0.717) is 26.1 Å². The molecule has 0 unspecified atom stereocenters. The van der Waals surface area contributed by atoms with Crippen molar-refractivity contribution in [2.24, 2.45) is 0 Å². The first-order chi connectivity index (χ1) is 11.1. The fraction of sp³-hybridized carbons (Fsp3) is 0.529. The van der Waals surface area contributed by atoms with Gasteiger partial charge in [-0.05, 0) is 5.56 Å². The molecule has 0 radical (unpaired) electrons. The second-order valence-corrected chi connectivity index (χ2v) is 6.51. The molecule has 1 aromatic carbocycles. The van der Waals surface area contributed by atoms with Gasteiger partial charge in [0.05, 0.1) is 12.1 Å². The summed E-state index contributed by atoms with van der Waals surface area (Å²) in [5.41, 5.74) is 0.931. The van der Waals surface area contributed by atoms with Gasteiger partial charge in [-0.2, -0.15) is 0 Å². The lowest BCUT2D eigenvalue weighted by molar-refractivity contribution is -0.135. The molecule has 0 saturated carbocycles. The molecular weight excluding hydrogens is 292 g/mol. The number of nitrogens with one attached hydrogen (secondary N) is 2. The molecule has 3 rings (SSSR count). The summed E-state index contributed by atoms with van der Waals surface area (Å²) in [6.07, 6.45) is 0.468. The molecule has 2 fully saturated rings. The molecule has 0 atom stereocenters. The van der Waals surface area contributed by atoms with Gasteiger partial charge in [-0.3, -0.25) is 14.5 Å². The van der Waals surface area contributed by atoms with Crippen LogP contribution in [0.2, 0.25) is 0 Å². The lowest BCUT2D eigenvalue weighted by Gasteiger charge is -2.49. The average Bonchev–Trinajstić information content (AvgIpc) is 2.67. The highest BCUT2D eigenvalue weighted by Gasteiger charge is 2.46. The Kier molecular flexibility index (Phi) is 4.63. The van der Waals surface area contributed by atoms with Crippen LogP contribution in [0.5, 0.6) is 0 Å². The van der Waals surface area contributed by atoms with Crippen LogP contribution in [0, 0.1) is 0 Å². The molecule has 2 amide bonds. The van der Waals surface area contributed by atoms with Gasteiger partial charge in [-0.15, -0.1) is 0 Å². The second-order valence-electron chi connectivity index (χ2n) is 6.51. The monoisotopic (exact) mass is 316 g/mol. The number of rotatable bonds is 4. The van der Waals surface area contributed by atoms with E-state index in [9.17, 15) is 9.59 Å². The van der Waals surface area contributed by atoms with Gasteiger partial charge in [0.2, 0.25) is 11.8 Å². The van der Waals surface area contributed by atoms with Gasteiger partial charge in [0.1, 0.15) is 0 Å². The summed E-state index contributed by atoms with van der Waals surface area (Å²) < 4.78 is 0. The Labute approximate surface area is 136 Å². The topological polar surface area (TPSA) is 64.7 Å².